The summed E-state index contributed by atoms with van der Waals surface area (Å²) in [5.74, 6) is 1.26. The Kier molecular flexibility index (Phi) is 6.80. The van der Waals surface area contributed by atoms with Crippen molar-refractivity contribution in [1.29, 1.82) is 0 Å². The van der Waals surface area contributed by atoms with Crippen molar-refractivity contribution >= 4 is 47.1 Å². The van der Waals surface area contributed by atoms with Crippen molar-refractivity contribution in [2.45, 2.75) is 6.42 Å². The number of imide groups is 1. The van der Waals surface area contributed by atoms with Crippen LogP contribution in [0.5, 0.6) is 11.5 Å². The topological polar surface area (TPSA) is 93.9 Å². The monoisotopic (exact) mass is 399 g/mol. The number of benzene rings is 1. The Balaban J connectivity index is 0.00000243. The zero-order valence-corrected chi connectivity index (χ0v) is 16.2. The van der Waals surface area contributed by atoms with Crippen molar-refractivity contribution in [1.82, 2.24) is 5.32 Å². The molecule has 142 valence electrons. The minimum absolute atomic E-state index is 0. The number of ether oxygens (including phenoxy) is 2. The number of amides is 2. The fourth-order valence-electron chi connectivity index (χ4n) is 3.08. The molecule has 0 aromatic heterocycles. The number of carbonyl (C=O) groups excluding carboxylic acids is 2. The lowest BCUT2D eigenvalue weighted by Crippen LogP contribution is -2.23. The molecule has 2 fully saturated rings. The van der Waals surface area contributed by atoms with Crippen molar-refractivity contribution < 1.29 is 19.1 Å². The van der Waals surface area contributed by atoms with Gasteiger partial charge in [-0.25, -0.2) is 0 Å². The number of thioether (sulfide) groups is 1. The molecule has 2 amide bonds. The molecule has 2 aliphatic rings. The van der Waals surface area contributed by atoms with E-state index in [1.807, 2.05) is 12.1 Å². The molecule has 2 saturated heterocycles. The third kappa shape index (κ3) is 4.08. The van der Waals surface area contributed by atoms with E-state index in [2.05, 4.69) is 10.2 Å². The number of hydrogen-bond acceptors (Lipinski definition) is 7. The predicted octanol–water partition coefficient (Wildman–Crippen LogP) is 2.23. The van der Waals surface area contributed by atoms with E-state index >= 15 is 0 Å². The summed E-state index contributed by atoms with van der Waals surface area (Å²) >= 11 is 0.899. The van der Waals surface area contributed by atoms with Gasteiger partial charge in [-0.05, 0) is 42.8 Å². The number of carbonyl (C=O) groups is 2. The van der Waals surface area contributed by atoms with E-state index in [0.29, 0.717) is 28.9 Å². The molecule has 1 aromatic rings. The highest BCUT2D eigenvalue weighted by Crippen LogP contribution is 2.39. The summed E-state index contributed by atoms with van der Waals surface area (Å²) < 4.78 is 10.8. The molecule has 2 heterocycles. The van der Waals surface area contributed by atoms with Crippen molar-refractivity contribution in [3.05, 3.63) is 22.6 Å². The van der Waals surface area contributed by atoms with Gasteiger partial charge in [0.2, 0.25) is 0 Å². The summed E-state index contributed by atoms with van der Waals surface area (Å²) in [7, 11) is 3.15. The van der Waals surface area contributed by atoms with Crippen LogP contribution in [0.1, 0.15) is 12.0 Å². The Bertz CT molecular complexity index is 741. The zero-order chi connectivity index (χ0) is 18.0. The lowest BCUT2D eigenvalue weighted by Gasteiger charge is -2.23. The van der Waals surface area contributed by atoms with Crippen LogP contribution in [0, 0.1) is 5.92 Å². The Labute approximate surface area is 162 Å². The van der Waals surface area contributed by atoms with Crippen LogP contribution in [-0.2, 0) is 4.79 Å². The van der Waals surface area contributed by atoms with Crippen LogP contribution >= 0.6 is 24.2 Å². The molecule has 1 atom stereocenters. The number of methoxy groups -OCH3 is 2. The first-order valence-corrected chi connectivity index (χ1v) is 8.83. The van der Waals surface area contributed by atoms with Crippen LogP contribution in [0.25, 0.3) is 6.08 Å². The SMILES string of the molecule is COc1cc(/C=C2/SC(=O)NC2=O)c(N2CCC(CN)C2)cc1OC.Cl. The maximum absolute atomic E-state index is 11.9. The molecule has 0 aliphatic carbocycles. The number of hydrogen-bond donors (Lipinski definition) is 2. The second-order valence-corrected chi connectivity index (χ2v) is 6.97. The van der Waals surface area contributed by atoms with Gasteiger partial charge in [0.25, 0.3) is 11.1 Å². The summed E-state index contributed by atoms with van der Waals surface area (Å²) in [6, 6.07) is 3.73. The minimum atomic E-state index is -0.378. The summed E-state index contributed by atoms with van der Waals surface area (Å²) in [5.41, 5.74) is 7.55. The highest BCUT2D eigenvalue weighted by atomic mass is 35.5. The fourth-order valence-corrected chi connectivity index (χ4v) is 3.75. The van der Waals surface area contributed by atoms with Gasteiger partial charge in [0.15, 0.2) is 11.5 Å². The first kappa shape index (κ1) is 20.4. The van der Waals surface area contributed by atoms with Crippen LogP contribution in [0.2, 0.25) is 0 Å². The van der Waals surface area contributed by atoms with Gasteiger partial charge in [-0.2, -0.15) is 0 Å². The van der Waals surface area contributed by atoms with Gasteiger partial charge in [-0.15, -0.1) is 12.4 Å². The molecular weight excluding hydrogens is 378 g/mol. The Morgan fingerprint density at radius 1 is 1.31 bits per heavy atom. The van der Waals surface area contributed by atoms with Crippen molar-refractivity contribution in [2.75, 3.05) is 38.8 Å². The Morgan fingerprint density at radius 2 is 2.00 bits per heavy atom. The zero-order valence-electron chi connectivity index (χ0n) is 14.6. The van der Waals surface area contributed by atoms with Gasteiger partial charge in [-0.1, -0.05) is 0 Å². The van der Waals surface area contributed by atoms with Crippen LogP contribution in [-0.4, -0.2) is 45.0 Å². The normalized spacial score (nSPS) is 21.0. The lowest BCUT2D eigenvalue weighted by molar-refractivity contribution is -0.115. The molecule has 0 bridgehead atoms. The number of halogens is 1. The molecule has 3 N–H and O–H groups in total. The van der Waals surface area contributed by atoms with Gasteiger partial charge in [0, 0.05) is 30.4 Å². The fraction of sp³-hybridized carbons (Fsp3) is 0.412. The van der Waals surface area contributed by atoms with E-state index in [4.69, 9.17) is 15.2 Å². The van der Waals surface area contributed by atoms with Crippen molar-refractivity contribution in [3.63, 3.8) is 0 Å². The maximum atomic E-state index is 11.9. The molecule has 2 aliphatic heterocycles. The third-order valence-corrected chi connectivity index (χ3v) is 5.23. The second kappa shape index (κ2) is 8.66. The smallest absolute Gasteiger partial charge is 0.290 e. The molecule has 7 nitrogen and oxygen atoms in total. The number of anilines is 1. The average Bonchev–Trinajstić information content (AvgIpc) is 3.20. The maximum Gasteiger partial charge on any atom is 0.290 e. The van der Waals surface area contributed by atoms with Crippen molar-refractivity contribution in [2.24, 2.45) is 11.7 Å². The van der Waals surface area contributed by atoms with Gasteiger partial charge < -0.3 is 20.1 Å². The summed E-state index contributed by atoms with van der Waals surface area (Å²) in [6.07, 6.45) is 2.74. The number of nitrogens with one attached hydrogen (secondary N) is 1. The number of nitrogens with zero attached hydrogens (tertiary/aromatic N) is 1. The minimum Gasteiger partial charge on any atom is -0.493 e. The van der Waals surface area contributed by atoms with E-state index in [1.165, 1.54) is 0 Å². The highest BCUT2D eigenvalue weighted by molar-refractivity contribution is 8.18. The first-order valence-electron chi connectivity index (χ1n) is 8.01. The van der Waals surface area contributed by atoms with Crippen LogP contribution in [0.15, 0.2) is 17.0 Å². The van der Waals surface area contributed by atoms with E-state index < -0.39 is 0 Å². The van der Waals surface area contributed by atoms with Gasteiger partial charge in [0.1, 0.15) is 0 Å². The van der Waals surface area contributed by atoms with E-state index in [1.54, 1.807) is 20.3 Å². The van der Waals surface area contributed by atoms with Crippen LogP contribution in [0.4, 0.5) is 10.5 Å². The molecule has 1 unspecified atom stereocenters. The number of rotatable bonds is 5. The molecule has 0 spiro atoms. The Hall–Kier alpha value is -1.90. The number of nitrogens with two attached hydrogens (primary N) is 1. The Morgan fingerprint density at radius 3 is 2.54 bits per heavy atom. The van der Waals surface area contributed by atoms with E-state index in [-0.39, 0.29) is 23.6 Å². The van der Waals surface area contributed by atoms with Gasteiger partial charge in [-0.3, -0.25) is 14.9 Å². The largest absolute Gasteiger partial charge is 0.493 e. The third-order valence-electron chi connectivity index (χ3n) is 4.42. The lowest BCUT2D eigenvalue weighted by atomic mass is 10.1. The van der Waals surface area contributed by atoms with Crippen LogP contribution < -0.4 is 25.4 Å². The molecule has 0 radical (unpaired) electrons. The summed E-state index contributed by atoms with van der Waals surface area (Å²) in [4.78, 5) is 25.9. The van der Waals surface area contributed by atoms with Gasteiger partial charge in [0.05, 0.1) is 19.1 Å². The standard InChI is InChI=1S/C17H21N3O4S.ClH/c1-23-13-5-11(6-15-16(21)19-17(22)25-15)12(7-14(13)24-2)20-4-3-10(8-18)9-20;/h5-7,10H,3-4,8-9,18H2,1-2H3,(H,19,21,22);1H/b15-6+;. The molecule has 1 aromatic carbocycles. The van der Waals surface area contributed by atoms with E-state index in [9.17, 15) is 9.59 Å². The second-order valence-electron chi connectivity index (χ2n) is 5.95. The highest BCUT2D eigenvalue weighted by Gasteiger charge is 2.28. The first-order chi connectivity index (χ1) is 12.0. The van der Waals surface area contributed by atoms with Crippen LogP contribution in [0.3, 0.4) is 0 Å². The molecule has 26 heavy (non-hydrogen) atoms. The average molecular weight is 400 g/mol. The van der Waals surface area contributed by atoms with Gasteiger partial charge >= 0.3 is 0 Å². The van der Waals surface area contributed by atoms with Crippen molar-refractivity contribution in [3.8, 4) is 11.5 Å². The molecular formula is C17H22ClN3O4S. The summed E-state index contributed by atoms with van der Waals surface area (Å²) in [6.45, 7) is 2.37. The molecule has 0 saturated carbocycles. The molecule has 3 rings (SSSR count). The van der Waals surface area contributed by atoms with E-state index in [0.717, 1.165) is 42.5 Å². The predicted molar refractivity (Wildman–Crippen MR) is 105 cm³/mol. The quantitative estimate of drug-likeness (QED) is 0.733. The molecule has 9 heteroatoms. The summed E-state index contributed by atoms with van der Waals surface area (Å²) in [5, 5.41) is 1.92.